The Morgan fingerprint density at radius 3 is 2.08 bits per heavy atom. The van der Waals surface area contributed by atoms with Crippen LogP contribution < -0.4 is 10.2 Å². The van der Waals surface area contributed by atoms with Crippen LogP contribution in [0.5, 0.6) is 0 Å². The van der Waals surface area contributed by atoms with E-state index in [1.807, 2.05) is 18.7 Å². The highest BCUT2D eigenvalue weighted by molar-refractivity contribution is 6.13. The van der Waals surface area contributed by atoms with Crippen LogP contribution in [0.3, 0.4) is 0 Å². The molecule has 3 aromatic carbocycles. The van der Waals surface area contributed by atoms with Gasteiger partial charge in [-0.15, -0.1) is 0 Å². The van der Waals surface area contributed by atoms with Gasteiger partial charge in [0.1, 0.15) is 0 Å². The summed E-state index contributed by atoms with van der Waals surface area (Å²) in [5.74, 6) is -2.52. The minimum absolute atomic E-state index is 0.0772. The van der Waals surface area contributed by atoms with Gasteiger partial charge in [0, 0.05) is 47.2 Å². The van der Waals surface area contributed by atoms with Crippen molar-refractivity contribution in [3.05, 3.63) is 76.3 Å². The molecule has 0 aliphatic heterocycles. The molecule has 2 amide bonds. The van der Waals surface area contributed by atoms with E-state index in [4.69, 9.17) is 0 Å². The molecule has 3 rings (SSSR count). The van der Waals surface area contributed by atoms with Crippen molar-refractivity contribution in [1.82, 2.24) is 4.90 Å². The van der Waals surface area contributed by atoms with E-state index < -0.39 is 22.9 Å². The van der Waals surface area contributed by atoms with Crippen LogP contribution in [0.2, 0.25) is 0 Å². The van der Waals surface area contributed by atoms with Crippen molar-refractivity contribution < 1.29 is 27.7 Å². The van der Waals surface area contributed by atoms with Crippen LogP contribution in [0.15, 0.2) is 60.7 Å². The molecule has 0 radical (unpaired) electrons. The number of likely N-dealkylation sites (N-methyl/N-ethyl adjacent to an activating group) is 1. The van der Waals surface area contributed by atoms with E-state index in [-0.39, 0.29) is 30.0 Å². The Morgan fingerprint density at radius 2 is 1.53 bits per heavy atom. The summed E-state index contributed by atoms with van der Waals surface area (Å²) in [4.78, 5) is 38.0. The number of hydrogen-bond acceptors (Lipinski definition) is 5. The van der Waals surface area contributed by atoms with Gasteiger partial charge in [-0.05, 0) is 37.4 Å². The fourth-order valence-electron chi connectivity index (χ4n) is 3.82. The molecule has 0 aliphatic carbocycles. The van der Waals surface area contributed by atoms with Crippen molar-refractivity contribution in [3.8, 4) is 0 Å². The van der Waals surface area contributed by atoms with Gasteiger partial charge in [-0.1, -0.05) is 38.1 Å². The predicted molar refractivity (Wildman–Crippen MR) is 131 cm³/mol. The Labute approximate surface area is 205 Å². The van der Waals surface area contributed by atoms with Crippen molar-refractivity contribution in [3.63, 3.8) is 0 Å². The molecule has 0 fully saturated rings. The number of non-ortho nitro benzene ring substituents is 1. The Kier molecular flexibility index (Phi) is 8.25. The molecular formula is C25H25F3N4O4. The maximum atomic E-state index is 13.5. The summed E-state index contributed by atoms with van der Waals surface area (Å²) in [5, 5.41) is 14.3. The first-order valence-corrected chi connectivity index (χ1v) is 11.2. The average molecular weight is 502 g/mol. The normalized spacial score (nSPS) is 11.5. The van der Waals surface area contributed by atoms with Crippen molar-refractivity contribution >= 4 is 39.6 Å². The fraction of sp³-hybridized carbons (Fsp3) is 0.280. The Bertz CT molecular complexity index is 1260. The first-order chi connectivity index (χ1) is 17.1. The number of benzene rings is 3. The van der Waals surface area contributed by atoms with Gasteiger partial charge >= 0.3 is 12.1 Å². The van der Waals surface area contributed by atoms with E-state index in [2.05, 4.69) is 5.32 Å². The lowest BCUT2D eigenvalue weighted by molar-refractivity contribution is -0.384. The fourth-order valence-corrected chi connectivity index (χ4v) is 3.82. The van der Waals surface area contributed by atoms with Crippen molar-refractivity contribution in [1.29, 1.82) is 0 Å². The molecule has 0 heterocycles. The summed E-state index contributed by atoms with van der Waals surface area (Å²) in [6.07, 6.45) is -5.06. The molecular weight excluding hydrogens is 477 g/mol. The number of nitrogens with zero attached hydrogens (tertiary/aromatic N) is 3. The van der Waals surface area contributed by atoms with Gasteiger partial charge in [0.2, 0.25) is 0 Å². The lowest BCUT2D eigenvalue weighted by Crippen LogP contribution is -2.45. The molecule has 36 heavy (non-hydrogen) atoms. The van der Waals surface area contributed by atoms with E-state index in [1.165, 1.54) is 36.4 Å². The SMILES string of the molecule is CCN(CC)CCN(C(=O)C(F)(F)F)c1ccc(NC(=O)c2ccc([N+](=O)[O-])cc2)c2ccccc12. The summed E-state index contributed by atoms with van der Waals surface area (Å²) in [7, 11) is 0. The first kappa shape index (κ1) is 26.6. The van der Waals surface area contributed by atoms with Crippen LogP contribution in [-0.2, 0) is 4.79 Å². The zero-order valence-electron chi connectivity index (χ0n) is 19.7. The largest absolute Gasteiger partial charge is 0.471 e. The molecule has 1 N–H and O–H groups in total. The summed E-state index contributed by atoms with van der Waals surface area (Å²) in [6.45, 7) is 5.10. The van der Waals surface area contributed by atoms with Crippen LogP contribution in [0, 0.1) is 10.1 Å². The topological polar surface area (TPSA) is 95.8 Å². The lowest BCUT2D eigenvalue weighted by Gasteiger charge is -2.28. The van der Waals surface area contributed by atoms with E-state index in [0.29, 0.717) is 29.5 Å². The second-order valence-electron chi connectivity index (χ2n) is 7.92. The first-order valence-electron chi connectivity index (χ1n) is 11.2. The standard InChI is InChI=1S/C25H25F3N4O4/c1-3-30(4-2)15-16-31(24(34)25(26,27)28)22-14-13-21(19-7-5-6-8-20(19)22)29-23(33)17-9-11-18(12-10-17)32(35)36/h5-14H,3-4,15-16H2,1-2H3,(H,29,33). The molecule has 11 heteroatoms. The number of nitro benzene ring substituents is 1. The quantitative estimate of drug-likeness (QED) is 0.319. The minimum Gasteiger partial charge on any atom is -0.321 e. The third kappa shape index (κ3) is 5.98. The number of alkyl halides is 3. The molecule has 0 aromatic heterocycles. The highest BCUT2D eigenvalue weighted by Crippen LogP contribution is 2.34. The smallest absolute Gasteiger partial charge is 0.321 e. The highest BCUT2D eigenvalue weighted by Gasteiger charge is 2.43. The lowest BCUT2D eigenvalue weighted by atomic mass is 10.0. The summed E-state index contributed by atoms with van der Waals surface area (Å²) in [5.41, 5.74) is 0.400. The van der Waals surface area contributed by atoms with E-state index in [0.717, 1.165) is 4.90 Å². The van der Waals surface area contributed by atoms with Crippen LogP contribution >= 0.6 is 0 Å². The monoisotopic (exact) mass is 502 g/mol. The molecule has 0 aliphatic rings. The number of nitro groups is 1. The van der Waals surface area contributed by atoms with Crippen LogP contribution in [0.4, 0.5) is 30.2 Å². The van der Waals surface area contributed by atoms with Gasteiger partial charge in [0.25, 0.3) is 11.6 Å². The number of hydrogen-bond donors (Lipinski definition) is 1. The zero-order valence-corrected chi connectivity index (χ0v) is 19.7. The molecule has 3 aromatic rings. The summed E-state index contributed by atoms with van der Waals surface area (Å²) < 4.78 is 40.5. The Hall–Kier alpha value is -3.99. The van der Waals surface area contributed by atoms with Gasteiger partial charge in [-0.3, -0.25) is 19.7 Å². The molecule has 8 nitrogen and oxygen atoms in total. The van der Waals surface area contributed by atoms with E-state index in [1.54, 1.807) is 24.3 Å². The highest BCUT2D eigenvalue weighted by atomic mass is 19.4. The van der Waals surface area contributed by atoms with Crippen molar-refractivity contribution in [2.75, 3.05) is 36.4 Å². The number of carbonyl (C=O) groups excluding carboxylic acids is 2. The number of halogens is 3. The second-order valence-corrected chi connectivity index (χ2v) is 7.92. The number of amides is 2. The van der Waals surface area contributed by atoms with Crippen LogP contribution in [-0.4, -0.2) is 54.0 Å². The van der Waals surface area contributed by atoms with Gasteiger partial charge < -0.3 is 15.1 Å². The van der Waals surface area contributed by atoms with Crippen LogP contribution in [0.25, 0.3) is 10.8 Å². The molecule has 0 bridgehead atoms. The van der Waals surface area contributed by atoms with Gasteiger partial charge in [-0.2, -0.15) is 13.2 Å². The van der Waals surface area contributed by atoms with Gasteiger partial charge in [0.15, 0.2) is 0 Å². The van der Waals surface area contributed by atoms with Crippen molar-refractivity contribution in [2.45, 2.75) is 20.0 Å². The zero-order chi connectivity index (χ0) is 26.5. The summed E-state index contributed by atoms with van der Waals surface area (Å²) in [6, 6.07) is 14.3. The Balaban J connectivity index is 1.99. The molecule has 0 saturated carbocycles. The number of nitrogens with one attached hydrogen (secondary N) is 1. The number of rotatable bonds is 9. The number of anilines is 2. The number of carbonyl (C=O) groups is 2. The van der Waals surface area contributed by atoms with E-state index >= 15 is 0 Å². The predicted octanol–water partition coefficient (Wildman–Crippen LogP) is 5.24. The Morgan fingerprint density at radius 1 is 0.917 bits per heavy atom. The average Bonchev–Trinajstić information content (AvgIpc) is 2.86. The second kappa shape index (κ2) is 11.2. The maximum absolute atomic E-state index is 13.5. The van der Waals surface area contributed by atoms with Crippen molar-refractivity contribution in [2.24, 2.45) is 0 Å². The van der Waals surface area contributed by atoms with Crippen LogP contribution in [0.1, 0.15) is 24.2 Å². The third-order valence-corrected chi connectivity index (χ3v) is 5.80. The third-order valence-electron chi connectivity index (χ3n) is 5.80. The minimum atomic E-state index is -5.06. The molecule has 0 saturated heterocycles. The molecule has 190 valence electrons. The molecule has 0 atom stereocenters. The molecule has 0 unspecified atom stereocenters. The maximum Gasteiger partial charge on any atom is 0.471 e. The van der Waals surface area contributed by atoms with Gasteiger partial charge in [-0.25, -0.2) is 0 Å². The van der Waals surface area contributed by atoms with E-state index in [9.17, 15) is 32.9 Å². The number of fused-ring (bicyclic) bond motifs is 1. The molecule has 0 spiro atoms. The van der Waals surface area contributed by atoms with Gasteiger partial charge in [0.05, 0.1) is 10.6 Å². The summed E-state index contributed by atoms with van der Waals surface area (Å²) >= 11 is 0.